The summed E-state index contributed by atoms with van der Waals surface area (Å²) in [5.74, 6) is 3.31. The van der Waals surface area contributed by atoms with Gasteiger partial charge in [-0.1, -0.05) is 55.8 Å². The second-order valence-corrected chi connectivity index (χ2v) is 9.69. The minimum atomic E-state index is 0.128. The third-order valence-corrected chi connectivity index (χ3v) is 8.76. The zero-order chi connectivity index (χ0) is 17.9. The summed E-state index contributed by atoms with van der Waals surface area (Å²) in [5.41, 5.74) is 3.55. The molecule has 5 rings (SSSR count). The smallest absolute Gasteiger partial charge is 0.178 e. The second kappa shape index (κ2) is 5.68. The predicted molar refractivity (Wildman–Crippen MR) is 106 cm³/mol. The number of carbonyl (C=O) groups is 1. The van der Waals surface area contributed by atoms with Crippen molar-refractivity contribution in [3.8, 4) is 0 Å². The normalized spacial score (nSPS) is 44.1. The molecule has 3 fully saturated rings. The second-order valence-electron chi connectivity index (χ2n) is 9.69. The number of benzene rings is 1. The van der Waals surface area contributed by atoms with Gasteiger partial charge in [-0.3, -0.25) is 4.79 Å². The van der Waals surface area contributed by atoms with E-state index in [1.807, 2.05) is 12.2 Å². The molecule has 0 heterocycles. The molecule has 1 nitrogen and oxygen atoms in total. The SMILES string of the molecule is C[C@]12CC[C@H]3[C@@H](CCC4=CC(=O)C=C[C@@]43C)[C@@H]1CC[C@H]2c1ccccc1. The Morgan fingerprint density at radius 3 is 2.58 bits per heavy atom. The Labute approximate surface area is 157 Å². The molecule has 3 saturated carbocycles. The first-order chi connectivity index (χ1) is 12.5. The quantitative estimate of drug-likeness (QED) is 0.602. The Kier molecular flexibility index (Phi) is 3.61. The van der Waals surface area contributed by atoms with Crippen molar-refractivity contribution in [2.75, 3.05) is 0 Å². The van der Waals surface area contributed by atoms with Crippen molar-refractivity contribution in [3.05, 3.63) is 59.7 Å². The van der Waals surface area contributed by atoms with Crippen molar-refractivity contribution in [3.63, 3.8) is 0 Å². The molecule has 136 valence electrons. The van der Waals surface area contributed by atoms with Gasteiger partial charge in [-0.25, -0.2) is 0 Å². The van der Waals surface area contributed by atoms with E-state index in [1.54, 1.807) is 5.56 Å². The first-order valence-corrected chi connectivity index (χ1v) is 10.5. The first kappa shape index (κ1) is 16.5. The van der Waals surface area contributed by atoms with Crippen LogP contribution < -0.4 is 0 Å². The highest BCUT2D eigenvalue weighted by Crippen LogP contribution is 2.67. The van der Waals surface area contributed by atoms with Crippen molar-refractivity contribution in [2.24, 2.45) is 28.6 Å². The van der Waals surface area contributed by atoms with Gasteiger partial charge in [-0.2, -0.15) is 0 Å². The molecule has 1 heteroatoms. The lowest BCUT2D eigenvalue weighted by molar-refractivity contribution is -0.111. The maximum atomic E-state index is 11.9. The van der Waals surface area contributed by atoms with Gasteiger partial charge in [0.05, 0.1) is 0 Å². The van der Waals surface area contributed by atoms with Crippen LogP contribution >= 0.6 is 0 Å². The number of hydrogen-bond donors (Lipinski definition) is 0. The van der Waals surface area contributed by atoms with E-state index in [2.05, 4.69) is 50.3 Å². The van der Waals surface area contributed by atoms with Crippen LogP contribution in [-0.4, -0.2) is 5.78 Å². The molecule has 0 bridgehead atoms. The van der Waals surface area contributed by atoms with Crippen molar-refractivity contribution >= 4 is 5.78 Å². The van der Waals surface area contributed by atoms with Crippen LogP contribution in [0.4, 0.5) is 0 Å². The molecule has 0 amide bonds. The van der Waals surface area contributed by atoms with Gasteiger partial charge >= 0.3 is 0 Å². The van der Waals surface area contributed by atoms with Crippen molar-refractivity contribution in [1.82, 2.24) is 0 Å². The Morgan fingerprint density at radius 1 is 0.962 bits per heavy atom. The first-order valence-electron chi connectivity index (χ1n) is 10.5. The summed E-state index contributed by atoms with van der Waals surface area (Å²) in [4.78, 5) is 11.9. The average molecular weight is 347 g/mol. The van der Waals surface area contributed by atoms with E-state index in [4.69, 9.17) is 0 Å². The van der Waals surface area contributed by atoms with Crippen molar-refractivity contribution < 1.29 is 4.79 Å². The van der Waals surface area contributed by atoms with Crippen LogP contribution in [0.3, 0.4) is 0 Å². The summed E-state index contributed by atoms with van der Waals surface area (Å²) in [7, 11) is 0. The molecule has 1 aromatic rings. The molecule has 0 radical (unpaired) electrons. The zero-order valence-electron chi connectivity index (χ0n) is 16.1. The van der Waals surface area contributed by atoms with Crippen LogP contribution in [0.25, 0.3) is 0 Å². The molecule has 0 N–H and O–H groups in total. The van der Waals surface area contributed by atoms with Gasteiger partial charge in [-0.15, -0.1) is 0 Å². The third kappa shape index (κ3) is 2.19. The lowest BCUT2D eigenvalue weighted by Crippen LogP contribution is -2.49. The summed E-state index contributed by atoms with van der Waals surface area (Å²) in [6.45, 7) is 5.00. The van der Waals surface area contributed by atoms with E-state index in [9.17, 15) is 4.79 Å². The minimum absolute atomic E-state index is 0.128. The molecule has 1 aromatic carbocycles. The molecular formula is C25H30O. The Hall–Kier alpha value is -1.63. The van der Waals surface area contributed by atoms with E-state index >= 15 is 0 Å². The molecule has 6 atom stereocenters. The maximum absolute atomic E-state index is 11.9. The monoisotopic (exact) mass is 346 g/mol. The number of ketones is 1. The highest BCUT2D eigenvalue weighted by Gasteiger charge is 2.58. The maximum Gasteiger partial charge on any atom is 0.178 e. The average Bonchev–Trinajstić information content (AvgIpc) is 3.00. The standard InChI is InChI=1S/C25H30O/c1-24-14-12-19(26)16-18(24)8-9-20-22-11-10-21(17-6-4-3-5-7-17)25(22,2)15-13-23(20)24/h3-7,12,14,16,20-23H,8-11,13,15H2,1-2H3/t20-,21-,22-,23-,24-,25+/m0/s1. The van der Waals surface area contributed by atoms with E-state index in [0.29, 0.717) is 5.41 Å². The molecule has 26 heavy (non-hydrogen) atoms. The Bertz CT molecular complexity index is 788. The van der Waals surface area contributed by atoms with Crippen LogP contribution in [0.2, 0.25) is 0 Å². The number of allylic oxidation sites excluding steroid dienone is 4. The third-order valence-electron chi connectivity index (χ3n) is 8.76. The summed E-state index contributed by atoms with van der Waals surface area (Å²) in [5, 5.41) is 0. The van der Waals surface area contributed by atoms with E-state index < -0.39 is 0 Å². The van der Waals surface area contributed by atoms with Crippen LogP contribution in [0.5, 0.6) is 0 Å². The van der Waals surface area contributed by atoms with Crippen LogP contribution in [0.15, 0.2) is 54.1 Å². The van der Waals surface area contributed by atoms with Crippen LogP contribution in [0.1, 0.15) is 63.9 Å². The lowest BCUT2D eigenvalue weighted by Gasteiger charge is -2.57. The summed E-state index contributed by atoms with van der Waals surface area (Å²) < 4.78 is 0. The highest BCUT2D eigenvalue weighted by atomic mass is 16.1. The molecule has 0 saturated heterocycles. The summed E-state index contributed by atoms with van der Waals surface area (Å²) >= 11 is 0. The van der Waals surface area contributed by atoms with Gasteiger partial charge in [0.15, 0.2) is 5.78 Å². The highest BCUT2D eigenvalue weighted by molar-refractivity contribution is 6.01. The number of fused-ring (bicyclic) bond motifs is 5. The molecule has 4 aliphatic carbocycles. The van der Waals surface area contributed by atoms with Gasteiger partial charge in [0.25, 0.3) is 0 Å². The Morgan fingerprint density at radius 2 is 1.77 bits per heavy atom. The van der Waals surface area contributed by atoms with Gasteiger partial charge in [0.1, 0.15) is 0 Å². The van der Waals surface area contributed by atoms with Gasteiger partial charge in [0, 0.05) is 5.41 Å². The van der Waals surface area contributed by atoms with Crippen molar-refractivity contribution in [1.29, 1.82) is 0 Å². The Balaban J connectivity index is 1.48. The zero-order valence-corrected chi connectivity index (χ0v) is 16.1. The topological polar surface area (TPSA) is 17.1 Å². The van der Waals surface area contributed by atoms with Gasteiger partial charge in [-0.05, 0) is 85.3 Å². The summed E-state index contributed by atoms with van der Waals surface area (Å²) in [6, 6.07) is 11.3. The molecule has 0 aromatic heterocycles. The number of rotatable bonds is 1. The number of hydrogen-bond acceptors (Lipinski definition) is 1. The fraction of sp³-hybridized carbons (Fsp3) is 0.560. The lowest BCUT2D eigenvalue weighted by atomic mass is 9.47. The fourth-order valence-corrected chi connectivity index (χ4v) is 7.43. The van der Waals surface area contributed by atoms with E-state index in [-0.39, 0.29) is 11.2 Å². The van der Waals surface area contributed by atoms with Gasteiger partial charge in [0.2, 0.25) is 0 Å². The van der Waals surface area contributed by atoms with E-state index in [1.165, 1.54) is 37.7 Å². The molecular weight excluding hydrogens is 316 g/mol. The largest absolute Gasteiger partial charge is 0.290 e. The molecule has 0 unspecified atom stereocenters. The predicted octanol–water partition coefficient (Wildman–Crippen LogP) is 6.08. The van der Waals surface area contributed by atoms with E-state index in [0.717, 1.165) is 30.1 Å². The summed E-state index contributed by atoms with van der Waals surface area (Å²) in [6.07, 6.45) is 13.8. The minimum Gasteiger partial charge on any atom is -0.290 e. The number of carbonyl (C=O) groups excluding carboxylic acids is 1. The molecule has 0 spiro atoms. The fourth-order valence-electron chi connectivity index (χ4n) is 7.43. The molecule has 0 aliphatic heterocycles. The van der Waals surface area contributed by atoms with Crippen molar-refractivity contribution in [2.45, 2.75) is 58.3 Å². The van der Waals surface area contributed by atoms with Crippen LogP contribution in [0, 0.1) is 28.6 Å². The van der Waals surface area contributed by atoms with Gasteiger partial charge < -0.3 is 0 Å². The van der Waals surface area contributed by atoms with Crippen LogP contribution in [-0.2, 0) is 4.79 Å². The molecule has 4 aliphatic rings.